The van der Waals surface area contributed by atoms with Crippen molar-refractivity contribution in [2.75, 3.05) is 0 Å². The lowest BCUT2D eigenvalue weighted by atomic mass is 9.89. The Morgan fingerprint density at radius 2 is 2.18 bits per heavy atom. The van der Waals surface area contributed by atoms with Gasteiger partial charge < -0.3 is 0 Å². The second-order valence-corrected chi connectivity index (χ2v) is 4.60. The van der Waals surface area contributed by atoms with E-state index in [0.29, 0.717) is 11.1 Å². The molecule has 1 aliphatic carbocycles. The third kappa shape index (κ3) is 2.56. The highest BCUT2D eigenvalue weighted by molar-refractivity contribution is 5.33. The Balaban J connectivity index is 2.34. The van der Waals surface area contributed by atoms with Gasteiger partial charge in [-0.2, -0.15) is 0 Å². The topological polar surface area (TPSA) is 38.0 Å². The molecule has 0 saturated carbocycles. The van der Waals surface area contributed by atoms with E-state index in [9.17, 15) is 4.39 Å². The predicted octanol–water partition coefficient (Wildman–Crippen LogP) is 3.14. The lowest BCUT2D eigenvalue weighted by molar-refractivity contribution is 0.525. The van der Waals surface area contributed by atoms with Crippen LogP contribution in [0.3, 0.4) is 0 Å². The zero-order chi connectivity index (χ0) is 12.3. The van der Waals surface area contributed by atoms with E-state index in [-0.39, 0.29) is 11.9 Å². The number of rotatable bonds is 3. The van der Waals surface area contributed by atoms with Crippen LogP contribution in [-0.2, 0) is 0 Å². The van der Waals surface area contributed by atoms with E-state index in [1.165, 1.54) is 12.0 Å². The Morgan fingerprint density at radius 1 is 1.35 bits per heavy atom. The van der Waals surface area contributed by atoms with Crippen LogP contribution in [0.15, 0.2) is 29.8 Å². The Hall–Kier alpha value is -1.19. The summed E-state index contributed by atoms with van der Waals surface area (Å²) < 4.78 is 14.1. The molecule has 2 rings (SSSR count). The molecule has 0 spiro atoms. The van der Waals surface area contributed by atoms with E-state index in [0.717, 1.165) is 19.3 Å². The first kappa shape index (κ1) is 12.3. The molecule has 1 atom stereocenters. The summed E-state index contributed by atoms with van der Waals surface area (Å²) in [5.74, 6) is 5.45. The van der Waals surface area contributed by atoms with Crippen LogP contribution in [0.1, 0.15) is 42.9 Å². The van der Waals surface area contributed by atoms with E-state index >= 15 is 0 Å². The van der Waals surface area contributed by atoms with Crippen LogP contribution in [0.2, 0.25) is 0 Å². The van der Waals surface area contributed by atoms with Crippen molar-refractivity contribution in [3.8, 4) is 0 Å². The highest BCUT2D eigenvalue weighted by Gasteiger charge is 2.20. The second-order valence-electron chi connectivity index (χ2n) is 4.60. The summed E-state index contributed by atoms with van der Waals surface area (Å²) in [5.41, 5.74) is 5.28. The minimum Gasteiger partial charge on any atom is -0.271 e. The molecule has 3 heteroatoms. The van der Waals surface area contributed by atoms with Crippen LogP contribution in [0.5, 0.6) is 0 Å². The third-order valence-corrected chi connectivity index (χ3v) is 3.40. The van der Waals surface area contributed by atoms with Crippen molar-refractivity contribution in [1.29, 1.82) is 0 Å². The van der Waals surface area contributed by atoms with Crippen molar-refractivity contribution in [3.63, 3.8) is 0 Å². The van der Waals surface area contributed by atoms with Gasteiger partial charge in [0.1, 0.15) is 5.82 Å². The normalized spacial score (nSPS) is 17.7. The fourth-order valence-electron chi connectivity index (χ4n) is 2.41. The van der Waals surface area contributed by atoms with Crippen LogP contribution in [0.25, 0.3) is 0 Å². The van der Waals surface area contributed by atoms with Gasteiger partial charge in [0, 0.05) is 5.56 Å². The number of allylic oxidation sites excluding steroid dienone is 1. The average molecular weight is 234 g/mol. The zero-order valence-corrected chi connectivity index (χ0v) is 10.2. The fourth-order valence-corrected chi connectivity index (χ4v) is 2.41. The van der Waals surface area contributed by atoms with Gasteiger partial charge in [0.05, 0.1) is 6.04 Å². The summed E-state index contributed by atoms with van der Waals surface area (Å²) in [6, 6.07) is 5.28. The molecule has 3 N–H and O–H groups in total. The van der Waals surface area contributed by atoms with Crippen LogP contribution in [0.4, 0.5) is 4.39 Å². The fraction of sp³-hybridized carbons (Fsp3) is 0.429. The van der Waals surface area contributed by atoms with Gasteiger partial charge in [-0.1, -0.05) is 29.8 Å². The summed E-state index contributed by atoms with van der Waals surface area (Å²) in [4.78, 5) is 0. The van der Waals surface area contributed by atoms with Crippen molar-refractivity contribution in [3.05, 3.63) is 46.8 Å². The Morgan fingerprint density at radius 3 is 2.82 bits per heavy atom. The molecule has 1 aromatic carbocycles. The monoisotopic (exact) mass is 234 g/mol. The van der Waals surface area contributed by atoms with Crippen molar-refractivity contribution in [1.82, 2.24) is 5.43 Å². The van der Waals surface area contributed by atoms with E-state index < -0.39 is 0 Å². The number of hydrogen-bond donors (Lipinski definition) is 2. The molecule has 0 amide bonds. The standard InChI is InChI=1S/C14H19FN2/c1-10-6-5-9-12(13(10)15)14(17-16)11-7-3-2-4-8-11/h5-7,9,14,17H,2-4,8,16H2,1H3. The molecule has 0 bridgehead atoms. The van der Waals surface area contributed by atoms with Gasteiger partial charge >= 0.3 is 0 Å². The number of aryl methyl sites for hydroxylation is 1. The summed E-state index contributed by atoms with van der Waals surface area (Å²) in [6.45, 7) is 1.78. The van der Waals surface area contributed by atoms with Crippen molar-refractivity contribution >= 4 is 0 Å². The molecule has 1 aromatic rings. The number of nitrogens with one attached hydrogen (secondary N) is 1. The average Bonchev–Trinajstić information content (AvgIpc) is 2.37. The number of benzene rings is 1. The summed E-state index contributed by atoms with van der Waals surface area (Å²) >= 11 is 0. The molecule has 92 valence electrons. The molecule has 2 nitrogen and oxygen atoms in total. The van der Waals surface area contributed by atoms with Crippen molar-refractivity contribution < 1.29 is 4.39 Å². The van der Waals surface area contributed by atoms with Gasteiger partial charge in [-0.3, -0.25) is 5.84 Å². The quantitative estimate of drug-likeness (QED) is 0.479. The maximum atomic E-state index is 14.1. The smallest absolute Gasteiger partial charge is 0.131 e. The van der Waals surface area contributed by atoms with Gasteiger partial charge in [-0.15, -0.1) is 0 Å². The van der Waals surface area contributed by atoms with E-state index in [2.05, 4.69) is 11.5 Å². The third-order valence-electron chi connectivity index (χ3n) is 3.40. The van der Waals surface area contributed by atoms with Crippen LogP contribution in [0, 0.1) is 12.7 Å². The lowest BCUT2D eigenvalue weighted by Crippen LogP contribution is -2.30. The summed E-state index contributed by atoms with van der Waals surface area (Å²) in [6.07, 6.45) is 6.65. The molecule has 1 unspecified atom stereocenters. The molecule has 17 heavy (non-hydrogen) atoms. The van der Waals surface area contributed by atoms with Crippen molar-refractivity contribution in [2.24, 2.45) is 5.84 Å². The molecular weight excluding hydrogens is 215 g/mol. The summed E-state index contributed by atoms with van der Waals surface area (Å²) in [5, 5.41) is 0. The van der Waals surface area contributed by atoms with E-state index in [1.54, 1.807) is 13.0 Å². The van der Waals surface area contributed by atoms with Crippen molar-refractivity contribution in [2.45, 2.75) is 38.6 Å². The zero-order valence-electron chi connectivity index (χ0n) is 10.2. The largest absolute Gasteiger partial charge is 0.271 e. The Labute approximate surface area is 102 Å². The highest BCUT2D eigenvalue weighted by atomic mass is 19.1. The lowest BCUT2D eigenvalue weighted by Gasteiger charge is -2.23. The first-order chi connectivity index (χ1) is 8.24. The highest BCUT2D eigenvalue weighted by Crippen LogP contribution is 2.31. The van der Waals surface area contributed by atoms with E-state index in [4.69, 9.17) is 5.84 Å². The van der Waals surface area contributed by atoms with Gasteiger partial charge in [-0.05, 0) is 38.2 Å². The van der Waals surface area contributed by atoms with Crippen LogP contribution >= 0.6 is 0 Å². The van der Waals surface area contributed by atoms with Gasteiger partial charge in [0.2, 0.25) is 0 Å². The predicted molar refractivity (Wildman–Crippen MR) is 67.8 cm³/mol. The molecule has 0 aromatic heterocycles. The maximum Gasteiger partial charge on any atom is 0.131 e. The SMILES string of the molecule is Cc1cccc(C(NN)C2=CCCCC2)c1F. The Kier molecular flexibility index (Phi) is 3.92. The van der Waals surface area contributed by atoms with Crippen LogP contribution in [-0.4, -0.2) is 0 Å². The molecular formula is C14H19FN2. The van der Waals surface area contributed by atoms with E-state index in [1.807, 2.05) is 12.1 Å². The van der Waals surface area contributed by atoms with Gasteiger partial charge in [0.25, 0.3) is 0 Å². The van der Waals surface area contributed by atoms with Gasteiger partial charge in [-0.25, -0.2) is 9.82 Å². The molecule has 0 heterocycles. The molecule has 0 saturated heterocycles. The number of halogens is 1. The second kappa shape index (κ2) is 5.43. The molecule has 1 aliphatic rings. The minimum absolute atomic E-state index is 0.151. The summed E-state index contributed by atoms with van der Waals surface area (Å²) in [7, 11) is 0. The first-order valence-corrected chi connectivity index (χ1v) is 6.14. The minimum atomic E-state index is -0.185. The molecule has 0 fully saturated rings. The Bertz CT molecular complexity index is 426. The maximum absolute atomic E-state index is 14.1. The first-order valence-electron chi connectivity index (χ1n) is 6.14. The van der Waals surface area contributed by atoms with Gasteiger partial charge in [0.15, 0.2) is 0 Å². The number of nitrogens with two attached hydrogens (primary N) is 1. The molecule has 0 radical (unpaired) electrons. The number of hydrazine groups is 1. The van der Waals surface area contributed by atoms with Crippen LogP contribution < -0.4 is 11.3 Å². The molecule has 0 aliphatic heterocycles. The number of hydrogen-bond acceptors (Lipinski definition) is 2.